The molecule has 0 aliphatic carbocycles. The summed E-state index contributed by atoms with van der Waals surface area (Å²) in [6.45, 7) is 3.36. The molecule has 0 radical (unpaired) electrons. The Kier molecular flexibility index (Phi) is 3.75. The summed E-state index contributed by atoms with van der Waals surface area (Å²) < 4.78 is 10.1. The van der Waals surface area contributed by atoms with Crippen LogP contribution in [-0.2, 0) is 19.1 Å². The summed E-state index contributed by atoms with van der Waals surface area (Å²) in [5.74, 6) is -2.20. The molecule has 1 aromatic carbocycles. The molecule has 2 heterocycles. The number of imide groups is 1. The standard InChI is InChI=1S/C16H17N3O5/c1-4-24-14(21)12-11-13(20)19(15(22)16(11,2)18-17-12)9-6-5-7-10(8-9)23-3/h5-8,11,18H,4H2,1-3H3/t11-,16-/m1/s1. The van der Waals surface area contributed by atoms with Crippen LogP contribution in [0.4, 0.5) is 5.69 Å². The molecular formula is C16H17N3O5. The van der Waals surface area contributed by atoms with Crippen LogP contribution < -0.4 is 15.1 Å². The Hall–Kier alpha value is -2.90. The smallest absolute Gasteiger partial charge is 0.355 e. The van der Waals surface area contributed by atoms with E-state index >= 15 is 0 Å². The van der Waals surface area contributed by atoms with Gasteiger partial charge in [-0.1, -0.05) is 6.07 Å². The topological polar surface area (TPSA) is 97.3 Å². The van der Waals surface area contributed by atoms with Crippen molar-refractivity contribution in [2.24, 2.45) is 11.0 Å². The third-order valence-corrected chi connectivity index (χ3v) is 4.17. The minimum absolute atomic E-state index is 0.0805. The first-order chi connectivity index (χ1) is 11.4. The normalized spacial score (nSPS) is 25.2. The average Bonchev–Trinajstić information content (AvgIpc) is 3.02. The second-order valence-corrected chi connectivity index (χ2v) is 5.64. The molecule has 1 saturated heterocycles. The first-order valence-electron chi connectivity index (χ1n) is 7.48. The Morgan fingerprint density at radius 2 is 2.17 bits per heavy atom. The van der Waals surface area contributed by atoms with Crippen LogP contribution in [0.25, 0.3) is 0 Å². The molecule has 1 N–H and O–H groups in total. The number of carbonyl (C=O) groups excluding carboxylic acids is 3. The zero-order valence-electron chi connectivity index (χ0n) is 13.5. The van der Waals surface area contributed by atoms with Crippen molar-refractivity contribution in [3.8, 4) is 5.75 Å². The van der Waals surface area contributed by atoms with Crippen LogP contribution in [0.2, 0.25) is 0 Å². The molecule has 2 aliphatic heterocycles. The number of hydrogen-bond donors (Lipinski definition) is 1. The van der Waals surface area contributed by atoms with Gasteiger partial charge >= 0.3 is 5.97 Å². The number of carbonyl (C=O) groups is 3. The van der Waals surface area contributed by atoms with Crippen molar-refractivity contribution >= 4 is 29.2 Å². The van der Waals surface area contributed by atoms with Crippen molar-refractivity contribution in [2.45, 2.75) is 19.4 Å². The number of rotatable bonds is 4. The second-order valence-electron chi connectivity index (χ2n) is 5.64. The van der Waals surface area contributed by atoms with Crippen LogP contribution in [0.3, 0.4) is 0 Å². The molecule has 8 nitrogen and oxygen atoms in total. The van der Waals surface area contributed by atoms with Crippen molar-refractivity contribution in [3.63, 3.8) is 0 Å². The van der Waals surface area contributed by atoms with Crippen molar-refractivity contribution in [1.82, 2.24) is 5.43 Å². The van der Waals surface area contributed by atoms with E-state index in [0.717, 1.165) is 4.90 Å². The van der Waals surface area contributed by atoms with E-state index in [2.05, 4.69) is 10.5 Å². The lowest BCUT2D eigenvalue weighted by Gasteiger charge is -2.20. The van der Waals surface area contributed by atoms with Gasteiger partial charge in [0.25, 0.3) is 5.91 Å². The van der Waals surface area contributed by atoms with Gasteiger partial charge in [0.15, 0.2) is 5.71 Å². The summed E-state index contributed by atoms with van der Waals surface area (Å²) in [4.78, 5) is 38.8. The summed E-state index contributed by atoms with van der Waals surface area (Å²) in [7, 11) is 1.50. The molecular weight excluding hydrogens is 314 g/mol. The molecule has 0 saturated carbocycles. The molecule has 3 rings (SSSR count). The fourth-order valence-electron chi connectivity index (χ4n) is 2.94. The highest BCUT2D eigenvalue weighted by atomic mass is 16.5. The SMILES string of the molecule is CCOC(=O)C1=NN[C@@]2(C)C(=O)N(c3cccc(OC)c3)C(=O)[C@@H]12. The number of fused-ring (bicyclic) bond motifs is 1. The van der Waals surface area contributed by atoms with Crippen molar-refractivity contribution < 1.29 is 23.9 Å². The first-order valence-corrected chi connectivity index (χ1v) is 7.48. The fourth-order valence-corrected chi connectivity index (χ4v) is 2.94. The fraction of sp³-hybridized carbons (Fsp3) is 0.375. The highest BCUT2D eigenvalue weighted by Gasteiger charge is 2.63. The monoisotopic (exact) mass is 331 g/mol. The van der Waals surface area contributed by atoms with Gasteiger partial charge in [-0.2, -0.15) is 5.10 Å². The molecule has 126 valence electrons. The average molecular weight is 331 g/mol. The van der Waals surface area contributed by atoms with Crippen molar-refractivity contribution in [1.29, 1.82) is 0 Å². The number of anilines is 1. The molecule has 24 heavy (non-hydrogen) atoms. The van der Waals surface area contributed by atoms with Gasteiger partial charge in [0.1, 0.15) is 17.2 Å². The van der Waals surface area contributed by atoms with Crippen molar-refractivity contribution in [2.75, 3.05) is 18.6 Å². The molecule has 2 atom stereocenters. The van der Waals surface area contributed by atoms with E-state index in [1.165, 1.54) is 7.11 Å². The highest BCUT2D eigenvalue weighted by molar-refractivity contribution is 6.47. The number of benzene rings is 1. The quantitative estimate of drug-likeness (QED) is 0.636. The number of hydrazone groups is 1. The van der Waals surface area contributed by atoms with E-state index in [-0.39, 0.29) is 12.3 Å². The summed E-state index contributed by atoms with van der Waals surface area (Å²) in [6, 6.07) is 6.60. The first kappa shape index (κ1) is 16.0. The van der Waals surface area contributed by atoms with Gasteiger partial charge in [-0.05, 0) is 26.0 Å². The van der Waals surface area contributed by atoms with Gasteiger partial charge in [0, 0.05) is 6.07 Å². The number of amides is 2. The Labute approximate surface area is 138 Å². The van der Waals surface area contributed by atoms with E-state index in [4.69, 9.17) is 9.47 Å². The van der Waals surface area contributed by atoms with E-state index in [1.54, 1.807) is 38.1 Å². The van der Waals surface area contributed by atoms with Crippen LogP contribution in [0.1, 0.15) is 13.8 Å². The lowest BCUT2D eigenvalue weighted by Crippen LogP contribution is -2.48. The minimum atomic E-state index is -1.30. The predicted octanol–water partition coefficient (Wildman–Crippen LogP) is 0.466. The molecule has 0 unspecified atom stereocenters. The van der Waals surface area contributed by atoms with Gasteiger partial charge in [-0.25, -0.2) is 9.69 Å². The maximum atomic E-state index is 12.9. The van der Waals surface area contributed by atoms with Crippen LogP contribution in [0.5, 0.6) is 5.75 Å². The summed E-state index contributed by atoms with van der Waals surface area (Å²) in [5, 5.41) is 3.87. The lowest BCUT2D eigenvalue weighted by atomic mass is 9.86. The third-order valence-electron chi connectivity index (χ3n) is 4.17. The molecule has 0 bridgehead atoms. The summed E-state index contributed by atoms with van der Waals surface area (Å²) >= 11 is 0. The largest absolute Gasteiger partial charge is 0.497 e. The molecule has 0 aromatic heterocycles. The molecule has 2 amide bonds. The number of esters is 1. The molecule has 1 fully saturated rings. The van der Waals surface area contributed by atoms with E-state index < -0.39 is 29.2 Å². The molecule has 0 spiro atoms. The highest BCUT2D eigenvalue weighted by Crippen LogP contribution is 2.38. The van der Waals surface area contributed by atoms with Gasteiger partial charge in [-0.3, -0.25) is 15.0 Å². The minimum Gasteiger partial charge on any atom is -0.497 e. The number of nitrogens with zero attached hydrogens (tertiary/aromatic N) is 2. The Morgan fingerprint density at radius 3 is 2.83 bits per heavy atom. The summed E-state index contributed by atoms with van der Waals surface area (Å²) in [5.41, 5.74) is 1.63. The van der Waals surface area contributed by atoms with Crippen LogP contribution in [0, 0.1) is 5.92 Å². The Bertz CT molecular complexity index is 760. The number of ether oxygens (including phenoxy) is 2. The number of hydrogen-bond acceptors (Lipinski definition) is 7. The maximum Gasteiger partial charge on any atom is 0.355 e. The van der Waals surface area contributed by atoms with E-state index in [0.29, 0.717) is 11.4 Å². The van der Waals surface area contributed by atoms with Gasteiger partial charge in [0.2, 0.25) is 5.91 Å². The van der Waals surface area contributed by atoms with Crippen LogP contribution >= 0.6 is 0 Å². The molecule has 1 aromatic rings. The lowest BCUT2D eigenvalue weighted by molar-refractivity contribution is -0.136. The zero-order valence-corrected chi connectivity index (χ0v) is 13.5. The number of nitrogens with one attached hydrogen (secondary N) is 1. The maximum absolute atomic E-state index is 12.9. The Morgan fingerprint density at radius 1 is 1.42 bits per heavy atom. The van der Waals surface area contributed by atoms with Gasteiger partial charge in [0.05, 0.1) is 19.4 Å². The van der Waals surface area contributed by atoms with Gasteiger partial charge < -0.3 is 9.47 Å². The third kappa shape index (κ3) is 2.14. The summed E-state index contributed by atoms with van der Waals surface area (Å²) in [6.07, 6.45) is 0. The van der Waals surface area contributed by atoms with Crippen LogP contribution in [-0.4, -0.2) is 42.8 Å². The second kappa shape index (κ2) is 5.63. The predicted molar refractivity (Wildman–Crippen MR) is 84.6 cm³/mol. The van der Waals surface area contributed by atoms with Gasteiger partial charge in [-0.15, -0.1) is 0 Å². The van der Waals surface area contributed by atoms with E-state index in [9.17, 15) is 14.4 Å². The van der Waals surface area contributed by atoms with Crippen LogP contribution in [0.15, 0.2) is 29.4 Å². The molecule has 2 aliphatic rings. The Balaban J connectivity index is 1.99. The van der Waals surface area contributed by atoms with Crippen molar-refractivity contribution in [3.05, 3.63) is 24.3 Å². The molecule has 8 heteroatoms. The zero-order chi connectivity index (χ0) is 17.5. The van der Waals surface area contributed by atoms with E-state index in [1.807, 2.05) is 0 Å². The number of methoxy groups -OCH3 is 1.